The maximum absolute atomic E-state index is 10.3. The second-order valence-corrected chi connectivity index (χ2v) is 7.24. The average Bonchev–Trinajstić information content (AvgIpc) is 3.16. The van der Waals surface area contributed by atoms with Crippen molar-refractivity contribution >= 4 is 12.2 Å². The standard InChI is InChI=1S/C23H26N4O2/c1-29-19-12-9-18(10-13-19)11-14-22-24-23(20-7-3-4-8-21(20)28)27(25-22)17-26-15-5-2-6-16-26/h3-4,7-14,28H,2,5-6,15-17H2,1H3/b14-11+. The van der Waals surface area contributed by atoms with Gasteiger partial charge in [-0.2, -0.15) is 0 Å². The van der Waals surface area contributed by atoms with Gasteiger partial charge in [0.2, 0.25) is 0 Å². The molecule has 0 atom stereocenters. The molecule has 29 heavy (non-hydrogen) atoms. The van der Waals surface area contributed by atoms with Crippen LogP contribution in [0.3, 0.4) is 0 Å². The minimum absolute atomic E-state index is 0.213. The number of hydrogen-bond donors (Lipinski definition) is 1. The maximum atomic E-state index is 10.3. The average molecular weight is 390 g/mol. The number of aromatic hydroxyl groups is 1. The van der Waals surface area contributed by atoms with Gasteiger partial charge in [-0.25, -0.2) is 9.67 Å². The Morgan fingerprint density at radius 3 is 2.48 bits per heavy atom. The number of likely N-dealkylation sites (tertiary alicyclic amines) is 1. The number of hydrogen-bond acceptors (Lipinski definition) is 5. The minimum atomic E-state index is 0.213. The lowest BCUT2D eigenvalue weighted by atomic mass is 10.1. The Bertz CT molecular complexity index is 973. The number of para-hydroxylation sites is 1. The van der Waals surface area contributed by atoms with Crippen LogP contribution in [0, 0.1) is 0 Å². The fourth-order valence-corrected chi connectivity index (χ4v) is 3.57. The molecule has 6 nitrogen and oxygen atoms in total. The molecule has 0 radical (unpaired) electrons. The van der Waals surface area contributed by atoms with Crippen molar-refractivity contribution in [3.8, 4) is 22.9 Å². The van der Waals surface area contributed by atoms with Crippen LogP contribution in [0.1, 0.15) is 30.7 Å². The first-order valence-corrected chi connectivity index (χ1v) is 10.0. The summed E-state index contributed by atoms with van der Waals surface area (Å²) in [7, 11) is 1.66. The van der Waals surface area contributed by atoms with Crippen LogP contribution in [-0.4, -0.2) is 45.0 Å². The van der Waals surface area contributed by atoms with E-state index in [0.29, 0.717) is 23.9 Å². The summed E-state index contributed by atoms with van der Waals surface area (Å²) in [6.07, 6.45) is 7.60. The van der Waals surface area contributed by atoms with Gasteiger partial charge in [-0.3, -0.25) is 4.90 Å². The predicted octanol–water partition coefficient (Wildman–Crippen LogP) is 4.27. The van der Waals surface area contributed by atoms with Crippen molar-refractivity contribution in [3.05, 3.63) is 59.9 Å². The molecular formula is C23H26N4O2. The molecule has 1 N–H and O–H groups in total. The van der Waals surface area contributed by atoms with Crippen LogP contribution < -0.4 is 4.74 Å². The van der Waals surface area contributed by atoms with Gasteiger partial charge in [-0.05, 0) is 61.8 Å². The number of ether oxygens (including phenoxy) is 1. The van der Waals surface area contributed by atoms with Crippen LogP contribution >= 0.6 is 0 Å². The van der Waals surface area contributed by atoms with E-state index >= 15 is 0 Å². The largest absolute Gasteiger partial charge is 0.507 e. The first kappa shape index (κ1) is 19.2. The van der Waals surface area contributed by atoms with Crippen LogP contribution in [0.15, 0.2) is 48.5 Å². The van der Waals surface area contributed by atoms with E-state index < -0.39 is 0 Å². The third-order valence-corrected chi connectivity index (χ3v) is 5.16. The van der Waals surface area contributed by atoms with E-state index in [4.69, 9.17) is 14.8 Å². The van der Waals surface area contributed by atoms with Crippen molar-refractivity contribution in [1.82, 2.24) is 19.7 Å². The highest BCUT2D eigenvalue weighted by Crippen LogP contribution is 2.28. The molecule has 3 aromatic rings. The smallest absolute Gasteiger partial charge is 0.174 e. The summed E-state index contributed by atoms with van der Waals surface area (Å²) in [6.45, 7) is 2.81. The van der Waals surface area contributed by atoms with Gasteiger partial charge in [0.25, 0.3) is 0 Å². The van der Waals surface area contributed by atoms with E-state index in [1.807, 2.05) is 59.3 Å². The van der Waals surface area contributed by atoms with Gasteiger partial charge in [0, 0.05) is 0 Å². The number of aromatic nitrogens is 3. The number of nitrogens with zero attached hydrogens (tertiary/aromatic N) is 4. The predicted molar refractivity (Wildman–Crippen MR) is 114 cm³/mol. The molecule has 0 spiro atoms. The summed E-state index contributed by atoms with van der Waals surface area (Å²) in [5.74, 6) is 2.34. The quantitative estimate of drug-likeness (QED) is 0.681. The molecule has 4 rings (SSSR count). The van der Waals surface area contributed by atoms with E-state index in [-0.39, 0.29) is 5.75 Å². The van der Waals surface area contributed by atoms with Gasteiger partial charge in [0.1, 0.15) is 11.5 Å². The molecule has 0 unspecified atom stereocenters. The second kappa shape index (κ2) is 8.92. The molecule has 0 amide bonds. The van der Waals surface area contributed by atoms with Crippen LogP contribution in [0.25, 0.3) is 23.5 Å². The van der Waals surface area contributed by atoms with Crippen molar-refractivity contribution in [3.63, 3.8) is 0 Å². The highest BCUT2D eigenvalue weighted by atomic mass is 16.5. The molecule has 2 heterocycles. The first-order chi connectivity index (χ1) is 14.2. The fourth-order valence-electron chi connectivity index (χ4n) is 3.57. The molecular weight excluding hydrogens is 364 g/mol. The highest BCUT2D eigenvalue weighted by Gasteiger charge is 2.17. The minimum Gasteiger partial charge on any atom is -0.507 e. The molecule has 0 aliphatic carbocycles. The summed E-state index contributed by atoms with van der Waals surface area (Å²) in [5, 5.41) is 15.0. The van der Waals surface area contributed by atoms with Gasteiger partial charge < -0.3 is 9.84 Å². The molecule has 1 aliphatic heterocycles. The van der Waals surface area contributed by atoms with Gasteiger partial charge in [-0.15, -0.1) is 5.10 Å². The summed E-state index contributed by atoms with van der Waals surface area (Å²) in [4.78, 5) is 7.10. The maximum Gasteiger partial charge on any atom is 0.174 e. The molecule has 2 aromatic carbocycles. The van der Waals surface area contributed by atoms with Crippen molar-refractivity contribution in [2.45, 2.75) is 25.9 Å². The lowest BCUT2D eigenvalue weighted by Gasteiger charge is -2.26. The van der Waals surface area contributed by atoms with Crippen molar-refractivity contribution in [1.29, 1.82) is 0 Å². The number of phenols is 1. The summed E-state index contributed by atoms with van der Waals surface area (Å²) < 4.78 is 7.10. The van der Waals surface area contributed by atoms with Crippen molar-refractivity contribution in [2.75, 3.05) is 20.2 Å². The molecule has 0 saturated carbocycles. The van der Waals surface area contributed by atoms with Gasteiger partial charge >= 0.3 is 0 Å². The number of rotatable bonds is 6. The summed E-state index contributed by atoms with van der Waals surface area (Å²) >= 11 is 0. The summed E-state index contributed by atoms with van der Waals surface area (Å²) in [5.41, 5.74) is 1.74. The van der Waals surface area contributed by atoms with E-state index in [1.54, 1.807) is 13.2 Å². The zero-order chi connectivity index (χ0) is 20.1. The van der Waals surface area contributed by atoms with Crippen LogP contribution in [0.2, 0.25) is 0 Å². The number of phenolic OH excluding ortho intramolecular Hbond substituents is 1. The zero-order valence-electron chi connectivity index (χ0n) is 16.7. The molecule has 6 heteroatoms. The molecule has 0 bridgehead atoms. The Balaban J connectivity index is 1.62. The zero-order valence-corrected chi connectivity index (χ0v) is 16.7. The van der Waals surface area contributed by atoms with Crippen molar-refractivity contribution < 1.29 is 9.84 Å². The normalized spacial score (nSPS) is 15.1. The van der Waals surface area contributed by atoms with Crippen LogP contribution in [0.5, 0.6) is 11.5 Å². The van der Waals surface area contributed by atoms with E-state index in [1.165, 1.54) is 19.3 Å². The third-order valence-electron chi connectivity index (χ3n) is 5.16. The molecule has 1 saturated heterocycles. The number of benzene rings is 2. The highest BCUT2D eigenvalue weighted by molar-refractivity contribution is 5.69. The Morgan fingerprint density at radius 1 is 1.00 bits per heavy atom. The van der Waals surface area contributed by atoms with Gasteiger partial charge in [0.05, 0.1) is 19.3 Å². The topological polar surface area (TPSA) is 63.4 Å². The SMILES string of the molecule is COc1ccc(/C=C/c2nc(-c3ccccc3O)n(CN3CCCCC3)n2)cc1. The lowest BCUT2D eigenvalue weighted by molar-refractivity contribution is 0.174. The lowest BCUT2D eigenvalue weighted by Crippen LogP contribution is -2.32. The Morgan fingerprint density at radius 2 is 1.76 bits per heavy atom. The molecule has 1 aliphatic rings. The Kier molecular flexibility index (Phi) is 5.91. The van der Waals surface area contributed by atoms with E-state index in [2.05, 4.69) is 4.90 Å². The monoisotopic (exact) mass is 390 g/mol. The Labute approximate surface area is 171 Å². The fraction of sp³-hybridized carbons (Fsp3) is 0.304. The number of piperidine rings is 1. The van der Waals surface area contributed by atoms with Crippen LogP contribution in [-0.2, 0) is 6.67 Å². The van der Waals surface area contributed by atoms with E-state index in [0.717, 1.165) is 24.4 Å². The second-order valence-electron chi connectivity index (χ2n) is 7.24. The van der Waals surface area contributed by atoms with E-state index in [9.17, 15) is 5.11 Å². The third kappa shape index (κ3) is 4.66. The summed E-state index contributed by atoms with van der Waals surface area (Å²) in [6, 6.07) is 15.1. The Hall–Kier alpha value is -3.12. The molecule has 1 aromatic heterocycles. The number of methoxy groups -OCH3 is 1. The molecule has 150 valence electrons. The van der Waals surface area contributed by atoms with Crippen molar-refractivity contribution in [2.24, 2.45) is 0 Å². The van der Waals surface area contributed by atoms with Crippen LogP contribution in [0.4, 0.5) is 0 Å². The first-order valence-electron chi connectivity index (χ1n) is 10.0. The van der Waals surface area contributed by atoms with Gasteiger partial charge in [-0.1, -0.05) is 36.8 Å². The molecule has 1 fully saturated rings. The van der Waals surface area contributed by atoms with Gasteiger partial charge in [0.15, 0.2) is 11.6 Å².